The lowest BCUT2D eigenvalue weighted by atomic mass is 10.1. The van der Waals surface area contributed by atoms with Gasteiger partial charge >= 0.3 is 6.09 Å². The highest BCUT2D eigenvalue weighted by Crippen LogP contribution is 2.13. The topological polar surface area (TPSA) is 76.4 Å². The summed E-state index contributed by atoms with van der Waals surface area (Å²) < 4.78 is 5.10. The molecule has 5 nitrogen and oxygen atoms in total. The van der Waals surface area contributed by atoms with Crippen LogP contribution in [0, 0.1) is 0 Å². The molecule has 0 aliphatic rings. The number of benzene rings is 1. The molecule has 1 aromatic rings. The molecular weight excluding hydrogens is 266 g/mol. The maximum atomic E-state index is 11.6. The third-order valence-corrected chi connectivity index (χ3v) is 3.16. The van der Waals surface area contributed by atoms with E-state index in [1.165, 1.54) is 12.8 Å². The van der Waals surface area contributed by atoms with E-state index in [2.05, 4.69) is 17.6 Å². The molecule has 0 fully saturated rings. The summed E-state index contributed by atoms with van der Waals surface area (Å²) >= 11 is 0. The molecule has 4 N–H and O–H groups in total. The number of amides is 1. The van der Waals surface area contributed by atoms with Gasteiger partial charge in [-0.3, -0.25) is 0 Å². The highest BCUT2D eigenvalue weighted by molar-refractivity contribution is 5.67. The molecule has 0 spiro atoms. The summed E-state index contributed by atoms with van der Waals surface area (Å²) in [7, 11) is 0. The van der Waals surface area contributed by atoms with Crippen molar-refractivity contribution < 1.29 is 9.53 Å². The van der Waals surface area contributed by atoms with Crippen LogP contribution in [0.25, 0.3) is 0 Å². The van der Waals surface area contributed by atoms with Gasteiger partial charge in [-0.05, 0) is 31.0 Å². The fraction of sp³-hybridized carbons (Fsp3) is 0.562. The van der Waals surface area contributed by atoms with Crippen LogP contribution in [0.4, 0.5) is 10.5 Å². The monoisotopic (exact) mass is 293 g/mol. The number of alkyl carbamates (subject to hydrolysis) is 1. The molecule has 1 atom stereocenters. The van der Waals surface area contributed by atoms with Crippen LogP contribution in [-0.2, 0) is 4.74 Å². The minimum Gasteiger partial charge on any atom is -0.450 e. The van der Waals surface area contributed by atoms with E-state index in [9.17, 15) is 4.79 Å². The smallest absolute Gasteiger partial charge is 0.408 e. The molecule has 0 saturated carbocycles. The number of anilines is 1. The van der Waals surface area contributed by atoms with Crippen molar-refractivity contribution in [1.29, 1.82) is 0 Å². The molecule has 118 valence electrons. The summed E-state index contributed by atoms with van der Waals surface area (Å²) in [6.07, 6.45) is 3.30. The predicted molar refractivity (Wildman–Crippen MR) is 86.2 cm³/mol. The van der Waals surface area contributed by atoms with E-state index in [1.54, 1.807) is 0 Å². The lowest BCUT2D eigenvalue weighted by Crippen LogP contribution is -2.34. The van der Waals surface area contributed by atoms with Crippen molar-refractivity contribution >= 4 is 11.8 Å². The molecule has 1 rings (SSSR count). The molecule has 1 amide bonds. The van der Waals surface area contributed by atoms with Crippen LogP contribution >= 0.6 is 0 Å². The number of nitrogens with two attached hydrogens (primary N) is 1. The second-order valence-electron chi connectivity index (χ2n) is 4.97. The number of ether oxygens (including phenoxy) is 1. The molecule has 1 unspecified atom stereocenters. The van der Waals surface area contributed by atoms with Gasteiger partial charge < -0.3 is 21.1 Å². The van der Waals surface area contributed by atoms with Crippen LogP contribution in [0.3, 0.4) is 0 Å². The predicted octanol–water partition coefficient (Wildman–Crippen LogP) is 3.38. The second kappa shape index (κ2) is 10.0. The highest BCUT2D eigenvalue weighted by Gasteiger charge is 2.10. The van der Waals surface area contributed by atoms with Crippen molar-refractivity contribution in [3.63, 3.8) is 0 Å². The Morgan fingerprint density at radius 1 is 1.19 bits per heavy atom. The van der Waals surface area contributed by atoms with Crippen LogP contribution in [0.2, 0.25) is 0 Å². The van der Waals surface area contributed by atoms with E-state index in [0.717, 1.165) is 30.6 Å². The maximum Gasteiger partial charge on any atom is 0.408 e. The highest BCUT2D eigenvalue weighted by atomic mass is 16.5. The number of carbonyl (C=O) groups is 1. The summed E-state index contributed by atoms with van der Waals surface area (Å²) in [6, 6.07) is 7.67. The average Bonchev–Trinajstić information content (AvgIpc) is 2.48. The minimum atomic E-state index is -0.552. The van der Waals surface area contributed by atoms with Gasteiger partial charge in [0.2, 0.25) is 0 Å². The summed E-state index contributed by atoms with van der Waals surface area (Å²) in [6.45, 7) is 5.50. The van der Waals surface area contributed by atoms with Crippen LogP contribution in [0.15, 0.2) is 24.3 Å². The van der Waals surface area contributed by atoms with Gasteiger partial charge in [-0.15, -0.1) is 0 Å². The minimum absolute atomic E-state index is 0.442. The molecule has 5 heteroatoms. The largest absolute Gasteiger partial charge is 0.450 e. The van der Waals surface area contributed by atoms with E-state index >= 15 is 0 Å². The van der Waals surface area contributed by atoms with Gasteiger partial charge in [0.15, 0.2) is 0 Å². The first-order chi connectivity index (χ1) is 10.2. The van der Waals surface area contributed by atoms with Crippen LogP contribution in [0.1, 0.15) is 51.3 Å². The zero-order chi connectivity index (χ0) is 15.5. The number of nitrogens with one attached hydrogen (secondary N) is 2. The molecule has 0 bridgehead atoms. The molecule has 0 aromatic heterocycles. The second-order valence-corrected chi connectivity index (χ2v) is 4.97. The summed E-state index contributed by atoms with van der Waals surface area (Å²) in [5, 5.41) is 5.84. The number of carbonyl (C=O) groups excluding carboxylic acids is 1. The quantitative estimate of drug-likeness (QED) is 0.482. The van der Waals surface area contributed by atoms with Crippen LogP contribution in [0.5, 0.6) is 0 Å². The standard InChI is InChI=1S/C16H27N3O2/c1-3-5-6-7-12-21-16(20)19-15(17)13-8-10-14(11-9-13)18-4-2/h8-11,15,18H,3-7,12,17H2,1-2H3,(H,19,20). The number of hydrogen-bond acceptors (Lipinski definition) is 4. The summed E-state index contributed by atoms with van der Waals surface area (Å²) in [5.41, 5.74) is 7.82. The SMILES string of the molecule is CCCCCCOC(=O)NC(N)c1ccc(NCC)cc1. The fourth-order valence-electron chi connectivity index (χ4n) is 1.96. The van der Waals surface area contributed by atoms with E-state index in [4.69, 9.17) is 10.5 Å². The van der Waals surface area contributed by atoms with Gasteiger partial charge in [0.25, 0.3) is 0 Å². The molecule has 0 saturated heterocycles. The third-order valence-electron chi connectivity index (χ3n) is 3.16. The average molecular weight is 293 g/mol. The lowest BCUT2D eigenvalue weighted by Gasteiger charge is -2.15. The Balaban J connectivity index is 2.31. The Hall–Kier alpha value is -1.75. The van der Waals surface area contributed by atoms with Crippen molar-refractivity contribution in [1.82, 2.24) is 5.32 Å². The van der Waals surface area contributed by atoms with Crippen molar-refractivity contribution in [3.8, 4) is 0 Å². The maximum absolute atomic E-state index is 11.6. The van der Waals surface area contributed by atoms with Crippen LogP contribution < -0.4 is 16.4 Å². The normalized spacial score (nSPS) is 11.8. The van der Waals surface area contributed by atoms with Gasteiger partial charge in [-0.25, -0.2) is 4.79 Å². The van der Waals surface area contributed by atoms with Crippen LogP contribution in [-0.4, -0.2) is 19.2 Å². The first-order valence-electron chi connectivity index (χ1n) is 7.70. The molecule has 0 aliphatic carbocycles. The molecule has 0 heterocycles. The first kappa shape index (κ1) is 17.3. The van der Waals surface area contributed by atoms with E-state index in [-0.39, 0.29) is 0 Å². The lowest BCUT2D eigenvalue weighted by molar-refractivity contribution is 0.140. The number of hydrogen-bond donors (Lipinski definition) is 3. The van der Waals surface area contributed by atoms with E-state index in [1.807, 2.05) is 31.2 Å². The van der Waals surface area contributed by atoms with Gasteiger partial charge in [0.1, 0.15) is 6.17 Å². The Kier molecular flexibility index (Phi) is 8.28. The molecule has 0 radical (unpaired) electrons. The van der Waals surface area contributed by atoms with Gasteiger partial charge in [-0.2, -0.15) is 0 Å². The molecular formula is C16H27N3O2. The Morgan fingerprint density at radius 3 is 2.52 bits per heavy atom. The van der Waals surface area contributed by atoms with E-state index < -0.39 is 12.3 Å². The summed E-state index contributed by atoms with van der Waals surface area (Å²) in [5.74, 6) is 0. The Morgan fingerprint density at radius 2 is 1.90 bits per heavy atom. The van der Waals surface area contributed by atoms with Crippen molar-refractivity contribution in [2.24, 2.45) is 5.73 Å². The fourth-order valence-corrected chi connectivity index (χ4v) is 1.96. The van der Waals surface area contributed by atoms with Gasteiger partial charge in [0, 0.05) is 12.2 Å². The van der Waals surface area contributed by atoms with Crippen molar-refractivity contribution in [3.05, 3.63) is 29.8 Å². The summed E-state index contributed by atoms with van der Waals surface area (Å²) in [4.78, 5) is 11.6. The number of unbranched alkanes of at least 4 members (excludes halogenated alkanes) is 3. The van der Waals surface area contributed by atoms with E-state index in [0.29, 0.717) is 6.61 Å². The molecule has 0 aliphatic heterocycles. The Bertz CT molecular complexity index is 406. The molecule has 1 aromatic carbocycles. The van der Waals surface area contributed by atoms with Gasteiger partial charge in [0.05, 0.1) is 6.61 Å². The molecule has 21 heavy (non-hydrogen) atoms. The van der Waals surface area contributed by atoms with Crippen molar-refractivity contribution in [2.75, 3.05) is 18.5 Å². The zero-order valence-electron chi connectivity index (χ0n) is 13.0. The zero-order valence-corrected chi connectivity index (χ0v) is 13.0. The van der Waals surface area contributed by atoms with Crippen molar-refractivity contribution in [2.45, 2.75) is 45.7 Å². The van der Waals surface area contributed by atoms with Gasteiger partial charge in [-0.1, -0.05) is 38.3 Å². The first-order valence-corrected chi connectivity index (χ1v) is 7.70. The third kappa shape index (κ3) is 6.99. The Labute approximate surface area is 127 Å². The number of rotatable bonds is 9.